The Morgan fingerprint density at radius 2 is 2.00 bits per heavy atom. The minimum Gasteiger partial charge on any atom is -0.497 e. The molecular weight excluding hydrogens is 319 g/mol. The average molecular weight is 342 g/mol. The molecule has 0 aromatic heterocycles. The van der Waals surface area contributed by atoms with Crippen LogP contribution in [-0.2, 0) is 6.42 Å². The molecule has 5 heteroatoms. The van der Waals surface area contributed by atoms with Crippen molar-refractivity contribution in [2.75, 3.05) is 13.7 Å². The maximum atomic E-state index is 13.2. The number of benzene rings is 2. The highest BCUT2D eigenvalue weighted by Crippen LogP contribution is 2.41. The van der Waals surface area contributed by atoms with Gasteiger partial charge in [0.05, 0.1) is 13.2 Å². The summed E-state index contributed by atoms with van der Waals surface area (Å²) >= 11 is 0. The summed E-state index contributed by atoms with van der Waals surface area (Å²) in [6.07, 6.45) is 2.85. The molecule has 0 saturated heterocycles. The third kappa shape index (κ3) is 4.95. The summed E-state index contributed by atoms with van der Waals surface area (Å²) in [6, 6.07) is 14.1. The van der Waals surface area contributed by atoms with Crippen LogP contribution in [-0.4, -0.2) is 19.7 Å². The summed E-state index contributed by atoms with van der Waals surface area (Å²) in [5.74, 6) is 1.04. The lowest BCUT2D eigenvalue weighted by atomic mass is 10.0. The molecule has 25 heavy (non-hydrogen) atoms. The minimum atomic E-state index is -0.254. The Morgan fingerprint density at radius 3 is 2.64 bits per heavy atom. The van der Waals surface area contributed by atoms with E-state index in [2.05, 4.69) is 10.6 Å². The molecule has 1 fully saturated rings. The molecule has 1 atom stereocenters. The van der Waals surface area contributed by atoms with Crippen molar-refractivity contribution in [2.45, 2.75) is 25.3 Å². The van der Waals surface area contributed by atoms with Crippen molar-refractivity contribution in [1.29, 1.82) is 0 Å². The maximum Gasteiger partial charge on any atom is 0.315 e. The molecule has 1 unspecified atom stereocenters. The SMILES string of the molecule is COc1ccc(C(NC(=O)NCCc2cccc(F)c2)C2CC2)cc1. The van der Waals surface area contributed by atoms with Gasteiger partial charge in [-0.05, 0) is 60.6 Å². The van der Waals surface area contributed by atoms with Crippen LogP contribution in [0.3, 0.4) is 0 Å². The van der Waals surface area contributed by atoms with Gasteiger partial charge in [0, 0.05) is 6.54 Å². The van der Waals surface area contributed by atoms with Gasteiger partial charge in [-0.25, -0.2) is 9.18 Å². The van der Waals surface area contributed by atoms with Gasteiger partial charge in [-0.3, -0.25) is 0 Å². The molecule has 1 saturated carbocycles. The molecule has 2 aromatic carbocycles. The Balaban J connectivity index is 1.52. The number of carbonyl (C=O) groups is 1. The quantitative estimate of drug-likeness (QED) is 0.803. The third-order valence-electron chi connectivity index (χ3n) is 4.44. The second kappa shape index (κ2) is 8.01. The van der Waals surface area contributed by atoms with E-state index in [9.17, 15) is 9.18 Å². The van der Waals surface area contributed by atoms with Gasteiger partial charge in [-0.2, -0.15) is 0 Å². The van der Waals surface area contributed by atoms with Crippen LogP contribution in [0.1, 0.15) is 30.0 Å². The standard InChI is InChI=1S/C20H23FN2O2/c1-25-18-9-7-16(8-10-18)19(15-5-6-15)23-20(24)22-12-11-14-3-2-4-17(21)13-14/h2-4,7-10,13,15,19H,5-6,11-12H2,1H3,(H2,22,23,24). The number of urea groups is 1. The van der Waals surface area contributed by atoms with Gasteiger partial charge in [-0.15, -0.1) is 0 Å². The number of hydrogen-bond acceptors (Lipinski definition) is 2. The predicted molar refractivity (Wildman–Crippen MR) is 95.1 cm³/mol. The number of nitrogens with one attached hydrogen (secondary N) is 2. The van der Waals surface area contributed by atoms with E-state index in [0.717, 1.165) is 29.7 Å². The second-order valence-corrected chi connectivity index (χ2v) is 6.37. The monoisotopic (exact) mass is 342 g/mol. The van der Waals surface area contributed by atoms with Crippen molar-refractivity contribution in [3.8, 4) is 5.75 Å². The molecule has 0 radical (unpaired) electrons. The van der Waals surface area contributed by atoms with Gasteiger partial charge in [0.2, 0.25) is 0 Å². The summed E-state index contributed by atoms with van der Waals surface area (Å²) in [5, 5.41) is 5.92. The normalized spacial score (nSPS) is 14.6. The summed E-state index contributed by atoms with van der Waals surface area (Å²) in [6.45, 7) is 0.468. The van der Waals surface area contributed by atoms with Gasteiger partial charge < -0.3 is 15.4 Å². The van der Waals surface area contributed by atoms with E-state index < -0.39 is 0 Å². The Bertz CT molecular complexity index is 714. The lowest BCUT2D eigenvalue weighted by Crippen LogP contribution is -2.39. The van der Waals surface area contributed by atoms with Gasteiger partial charge in [-0.1, -0.05) is 24.3 Å². The first-order chi connectivity index (χ1) is 12.2. The molecule has 2 aromatic rings. The molecule has 0 spiro atoms. The molecule has 3 rings (SSSR count). The predicted octanol–water partition coefficient (Wildman–Crippen LogP) is 3.83. The highest BCUT2D eigenvalue weighted by molar-refractivity contribution is 5.74. The van der Waals surface area contributed by atoms with Gasteiger partial charge >= 0.3 is 6.03 Å². The largest absolute Gasteiger partial charge is 0.497 e. The minimum absolute atomic E-state index is 0.0140. The number of halogens is 1. The molecule has 1 aliphatic rings. The van der Waals surface area contributed by atoms with E-state index in [0.29, 0.717) is 18.9 Å². The third-order valence-corrected chi connectivity index (χ3v) is 4.44. The molecule has 2 amide bonds. The Hall–Kier alpha value is -2.56. The molecule has 1 aliphatic carbocycles. The lowest BCUT2D eigenvalue weighted by Gasteiger charge is -2.19. The molecular formula is C20H23FN2O2. The zero-order valence-corrected chi connectivity index (χ0v) is 14.3. The fraction of sp³-hybridized carbons (Fsp3) is 0.350. The van der Waals surface area contributed by atoms with Crippen LogP contribution in [0.25, 0.3) is 0 Å². The van der Waals surface area contributed by atoms with E-state index in [4.69, 9.17) is 4.74 Å². The summed E-state index contributed by atoms with van der Waals surface area (Å²) < 4.78 is 18.3. The van der Waals surface area contributed by atoms with E-state index in [1.807, 2.05) is 30.3 Å². The number of methoxy groups -OCH3 is 1. The molecule has 2 N–H and O–H groups in total. The van der Waals surface area contributed by atoms with Crippen LogP contribution in [0, 0.1) is 11.7 Å². The van der Waals surface area contributed by atoms with Gasteiger partial charge in [0.25, 0.3) is 0 Å². The maximum absolute atomic E-state index is 13.2. The van der Waals surface area contributed by atoms with Crippen molar-refractivity contribution < 1.29 is 13.9 Å². The summed E-state index contributed by atoms with van der Waals surface area (Å²) in [7, 11) is 1.64. The van der Waals surface area contributed by atoms with Crippen LogP contribution in [0.15, 0.2) is 48.5 Å². The Labute approximate surface area is 147 Å². The molecule has 0 bridgehead atoms. The molecule has 4 nitrogen and oxygen atoms in total. The Kier molecular flexibility index (Phi) is 5.53. The molecule has 0 aliphatic heterocycles. The zero-order valence-electron chi connectivity index (χ0n) is 14.3. The van der Waals surface area contributed by atoms with Crippen LogP contribution in [0.4, 0.5) is 9.18 Å². The van der Waals surface area contributed by atoms with Gasteiger partial charge in [0.15, 0.2) is 0 Å². The first-order valence-electron chi connectivity index (χ1n) is 8.58. The first kappa shape index (κ1) is 17.3. The van der Waals surface area contributed by atoms with Crippen LogP contribution >= 0.6 is 0 Å². The fourth-order valence-corrected chi connectivity index (χ4v) is 2.92. The van der Waals surface area contributed by atoms with Crippen molar-refractivity contribution in [3.05, 3.63) is 65.5 Å². The number of amides is 2. The van der Waals surface area contributed by atoms with Crippen molar-refractivity contribution >= 4 is 6.03 Å². The van der Waals surface area contributed by atoms with E-state index >= 15 is 0 Å². The zero-order chi connectivity index (χ0) is 17.6. The van der Waals surface area contributed by atoms with E-state index in [1.54, 1.807) is 13.2 Å². The smallest absolute Gasteiger partial charge is 0.315 e. The van der Waals surface area contributed by atoms with E-state index in [-0.39, 0.29) is 17.9 Å². The summed E-state index contributed by atoms with van der Waals surface area (Å²) in [5.41, 5.74) is 1.96. The lowest BCUT2D eigenvalue weighted by molar-refractivity contribution is 0.235. The fourth-order valence-electron chi connectivity index (χ4n) is 2.92. The van der Waals surface area contributed by atoms with Gasteiger partial charge in [0.1, 0.15) is 11.6 Å². The van der Waals surface area contributed by atoms with Crippen LogP contribution in [0.5, 0.6) is 5.75 Å². The average Bonchev–Trinajstić information content (AvgIpc) is 3.45. The Morgan fingerprint density at radius 1 is 1.24 bits per heavy atom. The highest BCUT2D eigenvalue weighted by Gasteiger charge is 2.33. The number of rotatable bonds is 7. The number of ether oxygens (including phenoxy) is 1. The number of carbonyl (C=O) groups excluding carboxylic acids is 1. The van der Waals surface area contributed by atoms with Crippen LogP contribution in [0.2, 0.25) is 0 Å². The second-order valence-electron chi connectivity index (χ2n) is 6.37. The topological polar surface area (TPSA) is 50.4 Å². The molecule has 132 valence electrons. The number of hydrogen-bond donors (Lipinski definition) is 2. The van der Waals surface area contributed by atoms with Crippen molar-refractivity contribution in [2.24, 2.45) is 5.92 Å². The molecule has 0 heterocycles. The first-order valence-corrected chi connectivity index (χ1v) is 8.58. The highest BCUT2D eigenvalue weighted by atomic mass is 19.1. The van der Waals surface area contributed by atoms with E-state index in [1.165, 1.54) is 12.1 Å². The van der Waals surface area contributed by atoms with Crippen LogP contribution < -0.4 is 15.4 Å². The summed E-state index contributed by atoms with van der Waals surface area (Å²) in [4.78, 5) is 12.2. The van der Waals surface area contributed by atoms with Crippen molar-refractivity contribution in [3.63, 3.8) is 0 Å². The van der Waals surface area contributed by atoms with Crippen molar-refractivity contribution in [1.82, 2.24) is 10.6 Å².